The van der Waals surface area contributed by atoms with Gasteiger partial charge in [0.1, 0.15) is 5.75 Å². The maximum atomic E-state index is 5.99. The number of nitrogens with two attached hydrogens (primary N) is 1. The van der Waals surface area contributed by atoms with Gasteiger partial charge >= 0.3 is 0 Å². The summed E-state index contributed by atoms with van der Waals surface area (Å²) in [5, 5.41) is 0. The second kappa shape index (κ2) is 2.95. The highest BCUT2D eigenvalue weighted by molar-refractivity contribution is 5.33. The molecule has 0 bridgehead atoms. The van der Waals surface area contributed by atoms with Crippen molar-refractivity contribution in [1.82, 2.24) is 4.98 Å². The van der Waals surface area contributed by atoms with Gasteiger partial charge in [0, 0.05) is 29.9 Å². The number of hydrogen-bond acceptors (Lipinski definition) is 3. The van der Waals surface area contributed by atoms with E-state index in [1.54, 1.807) is 13.3 Å². The van der Waals surface area contributed by atoms with Gasteiger partial charge in [-0.2, -0.15) is 0 Å². The molecule has 0 saturated heterocycles. The minimum atomic E-state index is 0.180. The van der Waals surface area contributed by atoms with Gasteiger partial charge in [0.15, 0.2) is 0 Å². The van der Waals surface area contributed by atoms with E-state index in [9.17, 15) is 0 Å². The van der Waals surface area contributed by atoms with Gasteiger partial charge in [0.05, 0.1) is 7.11 Å². The Morgan fingerprint density at radius 2 is 2.14 bits per heavy atom. The fourth-order valence-corrected chi connectivity index (χ4v) is 1.97. The molecule has 0 radical (unpaired) electrons. The van der Waals surface area contributed by atoms with Crippen molar-refractivity contribution in [2.75, 3.05) is 7.11 Å². The lowest BCUT2D eigenvalue weighted by Gasteiger charge is -2.04. The average Bonchev–Trinajstić information content (AvgIpc) is 2.66. The number of ether oxygens (including phenoxy) is 1. The Labute approximate surface area is 84.3 Å². The van der Waals surface area contributed by atoms with Crippen LogP contribution in [0.1, 0.15) is 25.5 Å². The van der Waals surface area contributed by atoms with Crippen LogP contribution in [0.5, 0.6) is 5.75 Å². The van der Waals surface area contributed by atoms with Crippen molar-refractivity contribution >= 4 is 0 Å². The van der Waals surface area contributed by atoms with Crippen LogP contribution in [-0.4, -0.2) is 18.1 Å². The number of nitrogens with zero attached hydrogens (tertiary/aromatic N) is 1. The van der Waals surface area contributed by atoms with E-state index < -0.39 is 0 Å². The van der Waals surface area contributed by atoms with Gasteiger partial charge in [-0.25, -0.2) is 0 Å². The van der Waals surface area contributed by atoms with Crippen LogP contribution in [0.25, 0.3) is 0 Å². The highest BCUT2D eigenvalue weighted by Crippen LogP contribution is 2.56. The van der Waals surface area contributed by atoms with Crippen LogP contribution in [0.2, 0.25) is 0 Å². The van der Waals surface area contributed by atoms with Crippen molar-refractivity contribution in [3.05, 3.63) is 24.0 Å². The van der Waals surface area contributed by atoms with Crippen molar-refractivity contribution in [3.8, 4) is 5.75 Å². The van der Waals surface area contributed by atoms with Crippen LogP contribution in [0.3, 0.4) is 0 Å². The molecule has 1 aromatic heterocycles. The SMILES string of the molecule is COc1ccnc([C@@H]2[C@@H](N)C2(C)C)c1. The molecule has 3 nitrogen and oxygen atoms in total. The van der Waals surface area contributed by atoms with E-state index in [1.807, 2.05) is 12.1 Å². The number of methoxy groups -OCH3 is 1. The summed E-state index contributed by atoms with van der Waals surface area (Å²) in [4.78, 5) is 4.34. The van der Waals surface area contributed by atoms with Crippen LogP contribution in [0, 0.1) is 5.41 Å². The molecular formula is C11H16N2O. The van der Waals surface area contributed by atoms with Crippen LogP contribution < -0.4 is 10.5 Å². The Morgan fingerprint density at radius 1 is 1.50 bits per heavy atom. The van der Waals surface area contributed by atoms with Gasteiger partial charge in [-0.15, -0.1) is 0 Å². The molecule has 0 aliphatic heterocycles. The Bertz CT molecular complexity index is 349. The van der Waals surface area contributed by atoms with Crippen LogP contribution in [-0.2, 0) is 0 Å². The summed E-state index contributed by atoms with van der Waals surface area (Å²) in [6.45, 7) is 4.34. The van der Waals surface area contributed by atoms with Crippen LogP contribution >= 0.6 is 0 Å². The molecule has 14 heavy (non-hydrogen) atoms. The largest absolute Gasteiger partial charge is 0.497 e. The van der Waals surface area contributed by atoms with E-state index >= 15 is 0 Å². The predicted molar refractivity (Wildman–Crippen MR) is 55.3 cm³/mol. The first-order valence-corrected chi connectivity index (χ1v) is 4.83. The lowest BCUT2D eigenvalue weighted by atomic mass is 10.1. The summed E-state index contributed by atoms with van der Waals surface area (Å²) in [6.07, 6.45) is 1.77. The summed E-state index contributed by atoms with van der Waals surface area (Å²) >= 11 is 0. The van der Waals surface area contributed by atoms with Gasteiger partial charge in [-0.05, 0) is 11.5 Å². The van der Waals surface area contributed by atoms with Gasteiger partial charge in [0.2, 0.25) is 0 Å². The molecule has 2 rings (SSSR count). The standard InChI is InChI=1S/C11H16N2O/c1-11(2)9(10(11)12)8-6-7(14-3)4-5-13-8/h4-6,9-10H,12H2,1-3H3/t9-,10-/m1/s1. The summed E-state index contributed by atoms with van der Waals surface area (Å²) in [7, 11) is 1.66. The van der Waals surface area contributed by atoms with Crippen molar-refractivity contribution < 1.29 is 4.74 Å². The molecule has 0 unspecified atom stereocenters. The first kappa shape index (κ1) is 9.46. The average molecular weight is 192 g/mol. The van der Waals surface area contributed by atoms with Gasteiger partial charge < -0.3 is 10.5 Å². The highest BCUT2D eigenvalue weighted by Gasteiger charge is 2.57. The summed E-state index contributed by atoms with van der Waals surface area (Å²) in [6, 6.07) is 4.05. The molecule has 1 aliphatic carbocycles. The number of pyridine rings is 1. The van der Waals surface area contributed by atoms with Gasteiger partial charge in [-0.3, -0.25) is 4.98 Å². The first-order chi connectivity index (χ1) is 6.57. The third-order valence-corrected chi connectivity index (χ3v) is 3.22. The molecule has 2 atom stereocenters. The predicted octanol–water partition coefficient (Wildman–Crippen LogP) is 1.54. The Hall–Kier alpha value is -1.09. The minimum absolute atomic E-state index is 0.180. The maximum Gasteiger partial charge on any atom is 0.122 e. The van der Waals surface area contributed by atoms with Crippen molar-refractivity contribution in [3.63, 3.8) is 0 Å². The third kappa shape index (κ3) is 1.28. The number of rotatable bonds is 2. The van der Waals surface area contributed by atoms with E-state index in [-0.39, 0.29) is 11.5 Å². The zero-order valence-corrected chi connectivity index (χ0v) is 8.82. The maximum absolute atomic E-state index is 5.99. The molecule has 3 heteroatoms. The monoisotopic (exact) mass is 192 g/mol. The third-order valence-electron chi connectivity index (χ3n) is 3.22. The lowest BCUT2D eigenvalue weighted by Crippen LogP contribution is -2.06. The fourth-order valence-electron chi connectivity index (χ4n) is 1.97. The molecule has 0 amide bonds. The minimum Gasteiger partial charge on any atom is -0.497 e. The molecule has 0 aromatic carbocycles. The molecule has 1 aromatic rings. The van der Waals surface area contributed by atoms with Crippen molar-refractivity contribution in [2.24, 2.45) is 11.1 Å². The number of aromatic nitrogens is 1. The summed E-state index contributed by atoms with van der Waals surface area (Å²) in [5.74, 6) is 1.22. The summed E-state index contributed by atoms with van der Waals surface area (Å²) in [5.41, 5.74) is 7.21. The van der Waals surface area contributed by atoms with Crippen molar-refractivity contribution in [1.29, 1.82) is 0 Å². The molecule has 76 valence electrons. The number of hydrogen-bond donors (Lipinski definition) is 1. The molecule has 1 fully saturated rings. The van der Waals surface area contributed by atoms with Crippen LogP contribution in [0.4, 0.5) is 0 Å². The zero-order valence-electron chi connectivity index (χ0n) is 8.82. The van der Waals surface area contributed by atoms with Crippen LogP contribution in [0.15, 0.2) is 18.3 Å². The quantitative estimate of drug-likeness (QED) is 0.773. The normalized spacial score (nSPS) is 28.6. The molecule has 0 spiro atoms. The molecule has 2 N–H and O–H groups in total. The Morgan fingerprint density at radius 3 is 2.64 bits per heavy atom. The molecule has 1 aliphatic rings. The molecule has 1 saturated carbocycles. The van der Waals surface area contributed by atoms with Gasteiger partial charge in [0.25, 0.3) is 0 Å². The topological polar surface area (TPSA) is 48.1 Å². The second-order valence-electron chi connectivity index (χ2n) is 4.45. The van der Waals surface area contributed by atoms with Crippen molar-refractivity contribution in [2.45, 2.75) is 25.8 Å². The summed E-state index contributed by atoms with van der Waals surface area (Å²) < 4.78 is 5.16. The fraction of sp³-hybridized carbons (Fsp3) is 0.545. The zero-order chi connectivity index (χ0) is 10.3. The van der Waals surface area contributed by atoms with E-state index in [2.05, 4.69) is 18.8 Å². The Balaban J connectivity index is 2.26. The Kier molecular flexibility index (Phi) is 2.00. The van der Waals surface area contributed by atoms with E-state index in [1.165, 1.54) is 0 Å². The smallest absolute Gasteiger partial charge is 0.122 e. The van der Waals surface area contributed by atoms with E-state index in [0.717, 1.165) is 11.4 Å². The highest BCUT2D eigenvalue weighted by atomic mass is 16.5. The lowest BCUT2D eigenvalue weighted by molar-refractivity contribution is 0.413. The molecular weight excluding hydrogens is 176 g/mol. The van der Waals surface area contributed by atoms with E-state index in [4.69, 9.17) is 10.5 Å². The molecule has 1 heterocycles. The van der Waals surface area contributed by atoms with Gasteiger partial charge in [-0.1, -0.05) is 13.8 Å². The first-order valence-electron chi connectivity index (χ1n) is 4.83. The second-order valence-corrected chi connectivity index (χ2v) is 4.45. The van der Waals surface area contributed by atoms with E-state index in [0.29, 0.717) is 5.92 Å².